The smallest absolute Gasteiger partial charge is 0.0546 e. The SMILES string of the molecule is c1ccc(-c2cc3ccccc3cc2N(c2ccccc2)c2ccc(-c3ccc(N(c4ccccc4)c4cc5ccccc5cc4-c4ccccc4)cc3)cc2)cc1. The second-order valence-electron chi connectivity index (χ2n) is 14.6. The molecule has 0 fully saturated rings. The number of nitrogens with zero attached hydrogens (tertiary/aromatic N) is 2. The maximum atomic E-state index is 2.38. The summed E-state index contributed by atoms with van der Waals surface area (Å²) < 4.78 is 0. The molecule has 0 aliphatic carbocycles. The standard InChI is InChI=1S/C56H40N2/c1-5-17-43(18-6-1)53-37-45-21-13-15-23-47(45)39-55(53)57(49-25-9-3-10-26-49)51-33-29-41(30-34-51)42-31-35-52(36-32-42)58(50-27-11-4-12-28-50)56-40-48-24-16-14-22-46(48)38-54(56)44-19-7-2-8-20-44/h1-40H. The molecule has 0 amide bonds. The van der Waals surface area contributed by atoms with Gasteiger partial charge in [0, 0.05) is 33.9 Å². The number of fused-ring (bicyclic) bond motifs is 2. The zero-order chi connectivity index (χ0) is 38.7. The van der Waals surface area contributed by atoms with Crippen molar-refractivity contribution in [3.8, 4) is 33.4 Å². The Morgan fingerprint density at radius 2 is 0.483 bits per heavy atom. The van der Waals surface area contributed by atoms with E-state index in [1.807, 2.05) is 0 Å². The molecule has 0 radical (unpaired) electrons. The van der Waals surface area contributed by atoms with Gasteiger partial charge >= 0.3 is 0 Å². The molecule has 0 spiro atoms. The van der Waals surface area contributed by atoms with Crippen LogP contribution in [0.15, 0.2) is 243 Å². The van der Waals surface area contributed by atoms with Crippen molar-refractivity contribution in [3.05, 3.63) is 243 Å². The van der Waals surface area contributed by atoms with Crippen molar-refractivity contribution in [1.82, 2.24) is 0 Å². The van der Waals surface area contributed by atoms with Crippen LogP contribution in [0.3, 0.4) is 0 Å². The van der Waals surface area contributed by atoms with Crippen molar-refractivity contribution >= 4 is 55.7 Å². The maximum Gasteiger partial charge on any atom is 0.0546 e. The van der Waals surface area contributed by atoms with Crippen molar-refractivity contribution in [2.45, 2.75) is 0 Å². The average Bonchev–Trinajstić information content (AvgIpc) is 3.30. The molecule has 58 heavy (non-hydrogen) atoms. The van der Waals surface area contributed by atoms with Crippen LogP contribution in [0.5, 0.6) is 0 Å². The van der Waals surface area contributed by atoms with E-state index in [0.717, 1.165) is 45.3 Å². The lowest BCUT2D eigenvalue weighted by Crippen LogP contribution is -2.11. The van der Waals surface area contributed by atoms with Gasteiger partial charge < -0.3 is 9.80 Å². The number of rotatable bonds is 9. The van der Waals surface area contributed by atoms with Crippen molar-refractivity contribution < 1.29 is 0 Å². The van der Waals surface area contributed by atoms with E-state index >= 15 is 0 Å². The van der Waals surface area contributed by atoms with Gasteiger partial charge in [-0.25, -0.2) is 0 Å². The van der Waals surface area contributed by atoms with Gasteiger partial charge in [0.2, 0.25) is 0 Å². The first-order valence-electron chi connectivity index (χ1n) is 19.8. The lowest BCUT2D eigenvalue weighted by molar-refractivity contribution is 1.28. The summed E-state index contributed by atoms with van der Waals surface area (Å²) in [5.74, 6) is 0. The maximum absolute atomic E-state index is 2.38. The highest BCUT2D eigenvalue weighted by Gasteiger charge is 2.20. The Labute approximate surface area is 340 Å². The monoisotopic (exact) mass is 740 g/mol. The van der Waals surface area contributed by atoms with Crippen molar-refractivity contribution in [2.24, 2.45) is 0 Å². The highest BCUT2D eigenvalue weighted by atomic mass is 15.1. The van der Waals surface area contributed by atoms with Gasteiger partial charge in [-0.2, -0.15) is 0 Å². The zero-order valence-electron chi connectivity index (χ0n) is 32.0. The minimum absolute atomic E-state index is 1.10. The molecule has 2 heteroatoms. The molecule has 2 nitrogen and oxygen atoms in total. The minimum atomic E-state index is 1.10. The Hall–Kier alpha value is -7.68. The molecule has 0 aliphatic rings. The topological polar surface area (TPSA) is 6.48 Å². The largest absolute Gasteiger partial charge is 0.310 e. The first-order valence-corrected chi connectivity index (χ1v) is 19.8. The molecule has 0 atom stereocenters. The van der Waals surface area contributed by atoms with E-state index < -0.39 is 0 Å². The van der Waals surface area contributed by atoms with Gasteiger partial charge in [0.05, 0.1) is 11.4 Å². The van der Waals surface area contributed by atoms with E-state index in [-0.39, 0.29) is 0 Å². The number of anilines is 6. The molecule has 0 N–H and O–H groups in total. The number of hydrogen-bond acceptors (Lipinski definition) is 2. The predicted octanol–water partition coefficient (Wildman–Crippen LogP) is 15.9. The van der Waals surface area contributed by atoms with E-state index in [4.69, 9.17) is 0 Å². The van der Waals surface area contributed by atoms with Crippen LogP contribution in [0, 0.1) is 0 Å². The summed E-state index contributed by atoms with van der Waals surface area (Å²) in [7, 11) is 0. The van der Waals surface area contributed by atoms with Crippen LogP contribution in [-0.4, -0.2) is 0 Å². The Morgan fingerprint density at radius 3 is 0.828 bits per heavy atom. The predicted molar refractivity (Wildman–Crippen MR) is 247 cm³/mol. The molecule has 0 aliphatic heterocycles. The first kappa shape index (κ1) is 34.8. The van der Waals surface area contributed by atoms with E-state index in [2.05, 4.69) is 252 Å². The van der Waals surface area contributed by atoms with E-state index in [1.54, 1.807) is 0 Å². The number of para-hydroxylation sites is 2. The van der Waals surface area contributed by atoms with E-state index in [0.29, 0.717) is 0 Å². The van der Waals surface area contributed by atoms with Gasteiger partial charge in [0.25, 0.3) is 0 Å². The first-order chi connectivity index (χ1) is 28.8. The van der Waals surface area contributed by atoms with Crippen LogP contribution in [0.4, 0.5) is 34.1 Å². The van der Waals surface area contributed by atoms with Crippen molar-refractivity contribution in [3.63, 3.8) is 0 Å². The summed E-state index contributed by atoms with van der Waals surface area (Å²) in [6, 6.07) is 87.3. The van der Waals surface area contributed by atoms with E-state index in [1.165, 1.54) is 43.8 Å². The van der Waals surface area contributed by atoms with Crippen LogP contribution >= 0.6 is 0 Å². The van der Waals surface area contributed by atoms with Gasteiger partial charge in [-0.15, -0.1) is 0 Å². The third-order valence-electron chi connectivity index (χ3n) is 11.0. The summed E-state index contributed by atoms with van der Waals surface area (Å²) in [6.07, 6.45) is 0. The molecule has 0 saturated carbocycles. The Morgan fingerprint density at radius 1 is 0.207 bits per heavy atom. The molecule has 0 saturated heterocycles. The van der Waals surface area contributed by atoms with Gasteiger partial charge in [-0.1, -0.05) is 170 Å². The lowest BCUT2D eigenvalue weighted by atomic mass is 9.97. The Kier molecular flexibility index (Phi) is 9.27. The quantitative estimate of drug-likeness (QED) is 0.145. The fourth-order valence-corrected chi connectivity index (χ4v) is 8.14. The second kappa shape index (κ2) is 15.5. The van der Waals surface area contributed by atoms with Crippen molar-refractivity contribution in [1.29, 1.82) is 0 Å². The van der Waals surface area contributed by atoms with Crippen LogP contribution < -0.4 is 9.80 Å². The summed E-state index contributed by atoms with van der Waals surface area (Å²) in [5, 5.41) is 4.86. The normalized spacial score (nSPS) is 11.1. The molecule has 0 unspecified atom stereocenters. The molecule has 0 heterocycles. The average molecular weight is 741 g/mol. The van der Waals surface area contributed by atoms with Gasteiger partial charge in [-0.3, -0.25) is 0 Å². The fraction of sp³-hybridized carbons (Fsp3) is 0. The molecule has 10 aromatic rings. The second-order valence-corrected chi connectivity index (χ2v) is 14.6. The molecule has 0 bridgehead atoms. The van der Waals surface area contributed by atoms with Crippen LogP contribution in [0.1, 0.15) is 0 Å². The summed E-state index contributed by atoms with van der Waals surface area (Å²) in [4.78, 5) is 4.76. The molecule has 10 rings (SSSR count). The summed E-state index contributed by atoms with van der Waals surface area (Å²) in [6.45, 7) is 0. The third kappa shape index (κ3) is 6.78. The van der Waals surface area contributed by atoms with Gasteiger partial charge in [0.15, 0.2) is 0 Å². The van der Waals surface area contributed by atoms with Crippen molar-refractivity contribution in [2.75, 3.05) is 9.80 Å². The molecular formula is C56H40N2. The highest BCUT2D eigenvalue weighted by Crippen LogP contribution is 2.45. The lowest BCUT2D eigenvalue weighted by Gasteiger charge is -2.29. The summed E-state index contributed by atoms with van der Waals surface area (Å²) >= 11 is 0. The molecule has 274 valence electrons. The van der Waals surface area contributed by atoms with Gasteiger partial charge in [0.1, 0.15) is 0 Å². The van der Waals surface area contributed by atoms with Crippen LogP contribution in [-0.2, 0) is 0 Å². The molecule has 10 aromatic carbocycles. The van der Waals surface area contributed by atoms with Crippen LogP contribution in [0.25, 0.3) is 54.9 Å². The fourth-order valence-electron chi connectivity index (χ4n) is 8.14. The Bertz CT molecular complexity index is 2750. The number of hydrogen-bond donors (Lipinski definition) is 0. The van der Waals surface area contributed by atoms with Crippen LogP contribution in [0.2, 0.25) is 0 Å². The molecular weight excluding hydrogens is 701 g/mol. The number of benzene rings is 10. The molecule has 0 aromatic heterocycles. The summed E-state index contributed by atoms with van der Waals surface area (Å²) in [5.41, 5.74) is 13.7. The zero-order valence-corrected chi connectivity index (χ0v) is 32.0. The van der Waals surface area contributed by atoms with Gasteiger partial charge in [-0.05, 0) is 117 Å². The minimum Gasteiger partial charge on any atom is -0.310 e. The Balaban J connectivity index is 1.05. The highest BCUT2D eigenvalue weighted by molar-refractivity contribution is 6.00. The third-order valence-corrected chi connectivity index (χ3v) is 11.0. The van der Waals surface area contributed by atoms with E-state index in [9.17, 15) is 0 Å².